The molecule has 6 heteroatoms. The Morgan fingerprint density at radius 1 is 1.10 bits per heavy atom. The van der Waals surface area contributed by atoms with Crippen LogP contribution in [0.4, 0.5) is 0 Å². The standard InChI is InChI=1S/C23H25N3O3/c1-4-13-26-22(16-11-12-17(29-5-2)18(14-16)28-3)19-20(15-9-7-6-8-10-15)24-25-21(19)23(26)27/h6-12,14,22H,4-5,13H2,1-3H3,(H,24,25). The Morgan fingerprint density at radius 3 is 2.59 bits per heavy atom. The van der Waals surface area contributed by atoms with Crippen LogP contribution >= 0.6 is 0 Å². The zero-order valence-corrected chi connectivity index (χ0v) is 16.9. The van der Waals surface area contributed by atoms with Gasteiger partial charge in [0.1, 0.15) is 5.69 Å². The highest BCUT2D eigenvalue weighted by atomic mass is 16.5. The van der Waals surface area contributed by atoms with Crippen LogP contribution in [0, 0.1) is 0 Å². The number of nitrogens with one attached hydrogen (secondary N) is 1. The molecule has 29 heavy (non-hydrogen) atoms. The van der Waals surface area contributed by atoms with E-state index in [0.717, 1.165) is 28.8 Å². The summed E-state index contributed by atoms with van der Waals surface area (Å²) < 4.78 is 11.2. The van der Waals surface area contributed by atoms with Crippen LogP contribution in [-0.4, -0.2) is 41.3 Å². The third-order valence-electron chi connectivity index (χ3n) is 5.18. The van der Waals surface area contributed by atoms with Crippen LogP contribution in [0.2, 0.25) is 0 Å². The van der Waals surface area contributed by atoms with Crippen molar-refractivity contribution in [3.63, 3.8) is 0 Å². The first-order valence-corrected chi connectivity index (χ1v) is 9.94. The minimum atomic E-state index is -0.226. The number of methoxy groups -OCH3 is 1. The predicted octanol–water partition coefficient (Wildman–Crippen LogP) is 4.44. The highest BCUT2D eigenvalue weighted by Gasteiger charge is 2.41. The van der Waals surface area contributed by atoms with E-state index in [0.29, 0.717) is 30.3 Å². The highest BCUT2D eigenvalue weighted by Crippen LogP contribution is 2.44. The lowest BCUT2D eigenvalue weighted by Gasteiger charge is -2.26. The second-order valence-electron chi connectivity index (χ2n) is 6.97. The topological polar surface area (TPSA) is 67.5 Å². The highest BCUT2D eigenvalue weighted by molar-refractivity contribution is 6.00. The number of aromatic nitrogens is 2. The summed E-state index contributed by atoms with van der Waals surface area (Å²) in [5.74, 6) is 1.33. The molecule has 2 heterocycles. The number of hydrogen-bond acceptors (Lipinski definition) is 4. The molecular formula is C23H25N3O3. The average molecular weight is 391 g/mol. The molecule has 1 aliphatic heterocycles. The van der Waals surface area contributed by atoms with Gasteiger partial charge in [0.05, 0.1) is 25.5 Å². The number of amides is 1. The second kappa shape index (κ2) is 7.99. The molecule has 0 aliphatic carbocycles. The first-order chi connectivity index (χ1) is 14.2. The van der Waals surface area contributed by atoms with E-state index in [1.165, 1.54) is 0 Å². The maximum Gasteiger partial charge on any atom is 0.273 e. The van der Waals surface area contributed by atoms with E-state index in [4.69, 9.17) is 9.47 Å². The van der Waals surface area contributed by atoms with E-state index in [-0.39, 0.29) is 11.9 Å². The number of benzene rings is 2. The molecule has 1 atom stereocenters. The number of ether oxygens (including phenoxy) is 2. The van der Waals surface area contributed by atoms with Crippen LogP contribution in [0.1, 0.15) is 47.9 Å². The molecule has 1 N–H and O–H groups in total. The normalized spacial score (nSPS) is 15.5. The largest absolute Gasteiger partial charge is 0.493 e. The smallest absolute Gasteiger partial charge is 0.273 e. The molecular weight excluding hydrogens is 366 g/mol. The van der Waals surface area contributed by atoms with Crippen LogP contribution in [-0.2, 0) is 0 Å². The van der Waals surface area contributed by atoms with E-state index < -0.39 is 0 Å². The van der Waals surface area contributed by atoms with Gasteiger partial charge < -0.3 is 14.4 Å². The number of nitrogens with zero attached hydrogens (tertiary/aromatic N) is 2. The lowest BCUT2D eigenvalue weighted by Crippen LogP contribution is -2.30. The molecule has 0 saturated heterocycles. The maximum atomic E-state index is 13.1. The first-order valence-electron chi connectivity index (χ1n) is 9.94. The fourth-order valence-electron chi connectivity index (χ4n) is 3.96. The van der Waals surface area contributed by atoms with Gasteiger partial charge in [-0.2, -0.15) is 5.10 Å². The Bertz CT molecular complexity index is 1010. The molecule has 3 aromatic rings. The van der Waals surface area contributed by atoms with Gasteiger partial charge in [-0.05, 0) is 31.0 Å². The number of carbonyl (C=O) groups is 1. The Balaban J connectivity index is 1.86. The first kappa shape index (κ1) is 19.1. The molecule has 1 amide bonds. The van der Waals surface area contributed by atoms with E-state index in [1.54, 1.807) is 7.11 Å². The van der Waals surface area contributed by atoms with Crippen molar-refractivity contribution in [1.82, 2.24) is 15.1 Å². The fraction of sp³-hybridized carbons (Fsp3) is 0.304. The number of carbonyl (C=O) groups excluding carboxylic acids is 1. The zero-order chi connectivity index (χ0) is 20.4. The Labute approximate surface area is 170 Å². The van der Waals surface area contributed by atoms with Gasteiger partial charge in [0, 0.05) is 17.7 Å². The van der Waals surface area contributed by atoms with Gasteiger partial charge in [0.2, 0.25) is 0 Å². The van der Waals surface area contributed by atoms with E-state index in [9.17, 15) is 4.79 Å². The molecule has 4 rings (SSSR count). The Morgan fingerprint density at radius 2 is 1.90 bits per heavy atom. The molecule has 0 fully saturated rings. The van der Waals surface area contributed by atoms with Crippen molar-refractivity contribution in [2.75, 3.05) is 20.3 Å². The average Bonchev–Trinajstić information content (AvgIpc) is 3.29. The Kier molecular flexibility index (Phi) is 5.25. The molecule has 1 unspecified atom stereocenters. The fourth-order valence-corrected chi connectivity index (χ4v) is 3.96. The third-order valence-corrected chi connectivity index (χ3v) is 5.18. The third kappa shape index (κ3) is 3.24. The van der Waals surface area contributed by atoms with Crippen molar-refractivity contribution < 1.29 is 14.3 Å². The lowest BCUT2D eigenvalue weighted by molar-refractivity contribution is 0.0743. The van der Waals surface area contributed by atoms with Crippen LogP contribution in [0.3, 0.4) is 0 Å². The predicted molar refractivity (Wildman–Crippen MR) is 111 cm³/mol. The van der Waals surface area contributed by atoms with Crippen molar-refractivity contribution in [3.05, 3.63) is 65.4 Å². The van der Waals surface area contributed by atoms with Gasteiger partial charge in [-0.15, -0.1) is 0 Å². The molecule has 2 aromatic carbocycles. The van der Waals surface area contributed by atoms with Crippen molar-refractivity contribution in [2.45, 2.75) is 26.3 Å². The summed E-state index contributed by atoms with van der Waals surface area (Å²) in [7, 11) is 1.63. The number of aromatic amines is 1. The van der Waals surface area contributed by atoms with Crippen molar-refractivity contribution in [1.29, 1.82) is 0 Å². The SMILES string of the molecule is CCCN1C(=O)c2[nH]nc(-c3ccccc3)c2C1c1ccc(OCC)c(OC)c1. The van der Waals surface area contributed by atoms with Gasteiger partial charge >= 0.3 is 0 Å². The number of hydrogen-bond donors (Lipinski definition) is 1. The van der Waals surface area contributed by atoms with Gasteiger partial charge in [0.15, 0.2) is 11.5 Å². The minimum absolute atomic E-state index is 0.0191. The minimum Gasteiger partial charge on any atom is -0.493 e. The van der Waals surface area contributed by atoms with Gasteiger partial charge in [-0.25, -0.2) is 0 Å². The van der Waals surface area contributed by atoms with Gasteiger partial charge in [0.25, 0.3) is 5.91 Å². The van der Waals surface area contributed by atoms with Crippen molar-refractivity contribution in [3.8, 4) is 22.8 Å². The van der Waals surface area contributed by atoms with Gasteiger partial charge in [-0.1, -0.05) is 43.3 Å². The Hall–Kier alpha value is -3.28. The summed E-state index contributed by atoms with van der Waals surface area (Å²) in [4.78, 5) is 15.0. The molecule has 6 nitrogen and oxygen atoms in total. The summed E-state index contributed by atoms with van der Waals surface area (Å²) in [6.07, 6.45) is 0.870. The molecule has 0 radical (unpaired) electrons. The maximum absolute atomic E-state index is 13.1. The number of H-pyrrole nitrogens is 1. The molecule has 1 aromatic heterocycles. The van der Waals surface area contributed by atoms with Gasteiger partial charge in [-0.3, -0.25) is 9.89 Å². The quantitative estimate of drug-likeness (QED) is 0.647. The molecule has 0 spiro atoms. The number of fused-ring (bicyclic) bond motifs is 1. The zero-order valence-electron chi connectivity index (χ0n) is 16.9. The van der Waals surface area contributed by atoms with E-state index >= 15 is 0 Å². The van der Waals surface area contributed by atoms with E-state index in [2.05, 4.69) is 17.1 Å². The van der Waals surface area contributed by atoms with Crippen LogP contribution in [0.15, 0.2) is 48.5 Å². The summed E-state index contributed by atoms with van der Waals surface area (Å²) in [5.41, 5.74) is 4.25. The molecule has 150 valence electrons. The van der Waals surface area contributed by atoms with Crippen molar-refractivity contribution >= 4 is 5.91 Å². The molecule has 0 bridgehead atoms. The van der Waals surface area contributed by atoms with E-state index in [1.807, 2.05) is 60.4 Å². The van der Waals surface area contributed by atoms with Crippen LogP contribution in [0.5, 0.6) is 11.5 Å². The molecule has 1 aliphatic rings. The van der Waals surface area contributed by atoms with Crippen molar-refractivity contribution in [2.24, 2.45) is 0 Å². The summed E-state index contributed by atoms with van der Waals surface area (Å²) in [5, 5.41) is 7.48. The summed E-state index contributed by atoms with van der Waals surface area (Å²) in [6, 6.07) is 15.6. The summed E-state index contributed by atoms with van der Waals surface area (Å²) in [6.45, 7) is 5.24. The monoisotopic (exact) mass is 391 g/mol. The second-order valence-corrected chi connectivity index (χ2v) is 6.97. The molecule has 0 saturated carbocycles. The van der Waals surface area contributed by atoms with Crippen LogP contribution < -0.4 is 9.47 Å². The van der Waals surface area contributed by atoms with Crippen LogP contribution in [0.25, 0.3) is 11.3 Å². The number of rotatable bonds is 7. The summed E-state index contributed by atoms with van der Waals surface area (Å²) >= 11 is 0. The lowest BCUT2D eigenvalue weighted by atomic mass is 9.95.